The van der Waals surface area contributed by atoms with E-state index in [-0.39, 0.29) is 0 Å². The van der Waals surface area contributed by atoms with Crippen molar-refractivity contribution >= 4 is 25.4 Å². The third-order valence-corrected chi connectivity index (χ3v) is 0. The van der Waals surface area contributed by atoms with Crippen LogP contribution in [0.15, 0.2) is 0 Å². The van der Waals surface area contributed by atoms with Gasteiger partial charge in [-0.15, -0.1) is 0 Å². The molecule has 1 atom stereocenters. The molecule has 0 aliphatic rings. The Morgan fingerprint density at radius 3 is 2.00 bits per heavy atom. The Kier molecular flexibility index (Phi) is 1.48. The minimum atomic E-state index is -3.17. The average molecular weight is 112 g/mol. The van der Waals surface area contributed by atoms with E-state index in [0.29, 0.717) is 0 Å². The molecule has 0 amide bonds. The summed E-state index contributed by atoms with van der Waals surface area (Å²) in [6, 6.07) is 0. The first-order chi connectivity index (χ1) is 2.00. The molecule has 0 radical (unpaired) electrons. The zero-order chi connectivity index (χ0) is 4.50. The monoisotopic (exact) mass is 112 g/mol. The summed E-state index contributed by atoms with van der Waals surface area (Å²) in [6.07, 6.45) is 0. The maximum atomic E-state index is 9.54. The molecule has 0 saturated heterocycles. The first-order valence-corrected chi connectivity index (χ1v) is 4.01. The Bertz CT molecular complexity index is 55.8. The van der Waals surface area contributed by atoms with Gasteiger partial charge in [0.25, 0.3) is 0 Å². The van der Waals surface area contributed by atoms with Crippen LogP contribution in [0.25, 0.3) is 0 Å². The summed E-state index contributed by atoms with van der Waals surface area (Å²) >= 11 is 4.64. The van der Waals surface area contributed by atoms with Crippen LogP contribution in [0.2, 0.25) is 0 Å². The summed E-state index contributed by atoms with van der Waals surface area (Å²) in [5.41, 5.74) is 0. The molecule has 0 spiro atoms. The topological polar surface area (TPSA) is 37.3 Å². The van der Waals surface area contributed by atoms with E-state index in [0.717, 1.165) is 7.57 Å². The number of hydrogen-bond donors (Lipinski definition) is 1. The fourth-order valence-corrected chi connectivity index (χ4v) is 0. The highest BCUT2D eigenvalue weighted by Gasteiger charge is 1.97. The van der Waals surface area contributed by atoms with Crippen LogP contribution >= 0.6 is 17.8 Å². The zero-order valence-electron chi connectivity index (χ0n) is 2.68. The van der Waals surface area contributed by atoms with Crippen LogP contribution in [0.4, 0.5) is 0 Å². The average Bonchev–Trinajstić information content (AvgIpc) is 0.722. The zero-order valence-corrected chi connectivity index (χ0v) is 4.33. The van der Waals surface area contributed by atoms with Gasteiger partial charge in [0.2, 0.25) is 14.2 Å². The van der Waals surface area contributed by atoms with Gasteiger partial charge >= 0.3 is 0 Å². The predicted octanol–water partition coefficient (Wildman–Crippen LogP) is -0.0413. The molecule has 0 fully saturated rings. The van der Waals surface area contributed by atoms with Gasteiger partial charge in [0.05, 0.1) is 0 Å². The van der Waals surface area contributed by atoms with Gasteiger partial charge < -0.3 is 4.89 Å². The normalized spacial score (nSPS) is 21.2. The van der Waals surface area contributed by atoms with Crippen molar-refractivity contribution in [2.45, 2.75) is 0 Å². The lowest BCUT2D eigenvalue weighted by molar-refractivity contribution is 0.512. The van der Waals surface area contributed by atoms with Gasteiger partial charge in [0.15, 0.2) is 0 Å². The molecule has 1 unspecified atom stereocenters. The van der Waals surface area contributed by atoms with Crippen molar-refractivity contribution < 1.29 is 9.46 Å². The quantitative estimate of drug-likeness (QED) is 0.353. The summed E-state index contributed by atoms with van der Waals surface area (Å²) in [6.45, 7) is -3.17. The van der Waals surface area contributed by atoms with Gasteiger partial charge in [-0.3, -0.25) is 4.57 Å². The molecule has 2 nitrogen and oxygen atoms in total. The van der Waals surface area contributed by atoms with E-state index in [1.165, 1.54) is 0 Å². The summed E-state index contributed by atoms with van der Waals surface area (Å²) in [7, 11) is 1.06. The van der Waals surface area contributed by atoms with E-state index in [1.54, 1.807) is 0 Å². The molecule has 0 aliphatic carbocycles. The highest BCUT2D eigenvalue weighted by Crippen LogP contribution is 2.39. The predicted molar refractivity (Wildman–Crippen MR) is 24.2 cm³/mol. The Hall–Kier alpha value is 0.545. The van der Waals surface area contributed by atoms with Crippen LogP contribution in [0.3, 0.4) is 0 Å². The highest BCUT2D eigenvalue weighted by atomic mass is 35.7. The van der Waals surface area contributed by atoms with Crippen LogP contribution in [0.5, 0.6) is 0 Å². The third-order valence-electron chi connectivity index (χ3n) is 0. The molecule has 0 rings (SSSR count). The Balaban J connectivity index is 3.47. The maximum absolute atomic E-state index is 9.54. The maximum Gasteiger partial charge on any atom is 0.236 e. The fraction of sp³-hybridized carbons (Fsp3) is 0. The molecule has 0 aromatic rings. The lowest BCUT2D eigenvalue weighted by Crippen LogP contribution is -1.56. The van der Waals surface area contributed by atoms with E-state index >= 15 is 0 Å². The Morgan fingerprint density at radius 1 is 2.00 bits per heavy atom. The van der Waals surface area contributed by atoms with E-state index in [2.05, 4.69) is 11.2 Å². The first-order valence-electron chi connectivity index (χ1n) is 0.999. The third kappa shape index (κ3) is 99.1. The van der Waals surface area contributed by atoms with Crippen LogP contribution in [-0.4, -0.2) is 12.5 Å². The molecule has 0 aliphatic heterocycles. The molecule has 0 heterocycles. The van der Waals surface area contributed by atoms with Crippen molar-refractivity contribution in [3.8, 4) is 0 Å². The van der Waals surface area contributed by atoms with E-state index in [1.807, 2.05) is 0 Å². The van der Waals surface area contributed by atoms with Gasteiger partial charge in [-0.25, -0.2) is 0 Å². The van der Waals surface area contributed by atoms with Crippen molar-refractivity contribution in [3.63, 3.8) is 0 Å². The van der Waals surface area contributed by atoms with Crippen LogP contribution in [0, 0.1) is 0 Å². The van der Waals surface area contributed by atoms with Crippen molar-refractivity contribution in [1.29, 1.82) is 0 Å². The van der Waals surface area contributed by atoms with Crippen molar-refractivity contribution in [3.05, 3.63) is 0 Å². The van der Waals surface area contributed by atoms with Crippen molar-refractivity contribution in [2.24, 2.45) is 0 Å². The number of rotatable bonds is 0. The summed E-state index contributed by atoms with van der Waals surface area (Å²) in [5.74, 6) is 0. The minimum Gasteiger partial charge on any atom is -0.341 e. The molecule has 0 bridgehead atoms. The first kappa shape index (κ1) is 5.54. The molecule has 1 N–H and O–H groups in total. The molecule has 0 aromatic heterocycles. The van der Waals surface area contributed by atoms with E-state index < -0.39 is 6.60 Å². The second-order valence-corrected chi connectivity index (χ2v) is 4.22. The van der Waals surface area contributed by atoms with Crippen molar-refractivity contribution in [1.82, 2.24) is 0 Å². The van der Waals surface area contributed by atoms with Gasteiger partial charge in [0, 0.05) is 0 Å². The highest BCUT2D eigenvalue weighted by molar-refractivity contribution is 8.03. The lowest BCUT2D eigenvalue weighted by atomic mass is 10.8. The Morgan fingerprint density at radius 2 is 2.00 bits per heavy atom. The second-order valence-electron chi connectivity index (χ2n) is 0.778. The van der Waals surface area contributed by atoms with E-state index in [4.69, 9.17) is 4.89 Å². The molecule has 5 heteroatoms. The molecule has 0 aromatic carbocycles. The number of hydrogen-bond acceptors (Lipinski definition) is 1. The van der Waals surface area contributed by atoms with Gasteiger partial charge in [0.1, 0.15) is 0 Å². The van der Waals surface area contributed by atoms with Gasteiger partial charge in [-0.1, -0.05) is 0 Å². The molecular formula is H3BClO2P. The lowest BCUT2D eigenvalue weighted by Gasteiger charge is -1.82. The molecule has 30 valence electrons. The second kappa shape index (κ2) is 1.33. The standard InChI is InChI=1S/BClH3O2P/c1-5(2,3)4/h1H2,(H,3,4). The van der Waals surface area contributed by atoms with Crippen LogP contribution in [0.1, 0.15) is 0 Å². The summed E-state index contributed by atoms with van der Waals surface area (Å²) in [5, 5.41) is 0. The fourth-order valence-electron chi connectivity index (χ4n) is 0. The Labute approximate surface area is 35.7 Å². The molecular weight excluding hydrogens is 109 g/mol. The number of halogens is 1. The van der Waals surface area contributed by atoms with Crippen LogP contribution in [-0.2, 0) is 4.57 Å². The molecule has 5 heavy (non-hydrogen) atoms. The minimum absolute atomic E-state index is 1.06. The summed E-state index contributed by atoms with van der Waals surface area (Å²) in [4.78, 5) is 7.84. The largest absolute Gasteiger partial charge is 0.341 e. The van der Waals surface area contributed by atoms with Gasteiger partial charge in [-0.05, 0) is 11.2 Å². The van der Waals surface area contributed by atoms with Crippen molar-refractivity contribution in [2.75, 3.05) is 0 Å². The summed E-state index contributed by atoms with van der Waals surface area (Å²) < 4.78 is 9.54. The van der Waals surface area contributed by atoms with Gasteiger partial charge in [-0.2, -0.15) is 0 Å². The van der Waals surface area contributed by atoms with Crippen LogP contribution < -0.4 is 0 Å². The van der Waals surface area contributed by atoms with E-state index in [9.17, 15) is 4.57 Å². The SMILES string of the molecule is BP(=O)(O)Cl. The smallest absolute Gasteiger partial charge is 0.236 e. The molecule has 0 saturated carbocycles.